The number of halogens is 2. The van der Waals surface area contributed by atoms with E-state index in [1.54, 1.807) is 0 Å². The number of likely N-dealkylation sites (N-methyl/N-ethyl adjacent to an activating group) is 1. The number of aromatic amines is 2. The first kappa shape index (κ1) is 25.2. The molecule has 1 fully saturated rings. The Bertz CT molecular complexity index is 1610. The fraction of sp³-hybridized carbons (Fsp3) is 0.233. The van der Waals surface area contributed by atoms with Gasteiger partial charge in [-0.05, 0) is 49.0 Å². The fourth-order valence-corrected chi connectivity index (χ4v) is 6.00. The van der Waals surface area contributed by atoms with Gasteiger partial charge >= 0.3 is 0 Å². The predicted molar refractivity (Wildman–Crippen MR) is 159 cm³/mol. The summed E-state index contributed by atoms with van der Waals surface area (Å²) in [6.07, 6.45) is 0. The van der Waals surface area contributed by atoms with Crippen molar-refractivity contribution < 1.29 is 4.79 Å². The first-order valence-corrected chi connectivity index (χ1v) is 14.0. The summed E-state index contributed by atoms with van der Waals surface area (Å²) in [7, 11) is 2.17. The molecular formula is C30H29BrClN5O. The van der Waals surface area contributed by atoms with Crippen LogP contribution in [0.1, 0.15) is 22.0 Å². The SMILES string of the molecule is CN1CCN(CCNC(=O)c2c(-c3cc4cc(Cl)ccc4[nH]3)[nH]c3cc(Br)ccc23)C(c2ccccc2)C1. The van der Waals surface area contributed by atoms with Gasteiger partial charge in [-0.3, -0.25) is 9.69 Å². The van der Waals surface area contributed by atoms with Crippen LogP contribution in [0.4, 0.5) is 0 Å². The number of hydrogen-bond acceptors (Lipinski definition) is 3. The van der Waals surface area contributed by atoms with Gasteiger partial charge in [-0.15, -0.1) is 0 Å². The second kappa shape index (κ2) is 10.6. The van der Waals surface area contributed by atoms with Crippen LogP contribution in [0, 0.1) is 0 Å². The molecular weight excluding hydrogens is 562 g/mol. The van der Waals surface area contributed by atoms with Crippen molar-refractivity contribution in [2.45, 2.75) is 6.04 Å². The molecule has 3 heterocycles. The Morgan fingerprint density at radius 3 is 2.71 bits per heavy atom. The van der Waals surface area contributed by atoms with Gasteiger partial charge in [-0.2, -0.15) is 0 Å². The molecule has 6 nitrogen and oxygen atoms in total. The Hall–Kier alpha value is -3.10. The molecule has 0 spiro atoms. The highest BCUT2D eigenvalue weighted by atomic mass is 79.9. The van der Waals surface area contributed by atoms with Crippen LogP contribution in [-0.4, -0.2) is 65.4 Å². The predicted octanol–water partition coefficient (Wildman–Crippen LogP) is 6.45. The van der Waals surface area contributed by atoms with Crippen LogP contribution in [0.25, 0.3) is 33.2 Å². The van der Waals surface area contributed by atoms with Gasteiger partial charge in [-0.25, -0.2) is 0 Å². The molecule has 194 valence electrons. The number of H-pyrrole nitrogens is 2. The van der Waals surface area contributed by atoms with Gasteiger partial charge in [0.05, 0.1) is 17.0 Å². The van der Waals surface area contributed by atoms with E-state index < -0.39 is 0 Å². The molecule has 1 atom stereocenters. The third-order valence-electron chi connectivity index (χ3n) is 7.40. The number of nitrogens with zero attached hydrogens (tertiary/aromatic N) is 2. The first-order valence-electron chi connectivity index (χ1n) is 12.8. The Morgan fingerprint density at radius 1 is 1.03 bits per heavy atom. The number of aromatic nitrogens is 2. The molecule has 0 bridgehead atoms. The highest BCUT2D eigenvalue weighted by molar-refractivity contribution is 9.10. The summed E-state index contributed by atoms with van der Waals surface area (Å²) in [5, 5.41) is 5.78. The maximum absolute atomic E-state index is 13.7. The molecule has 8 heteroatoms. The van der Waals surface area contributed by atoms with Gasteiger partial charge in [0.2, 0.25) is 0 Å². The van der Waals surface area contributed by atoms with E-state index in [0.29, 0.717) is 23.2 Å². The lowest BCUT2D eigenvalue weighted by molar-refractivity contribution is 0.0844. The molecule has 2 aromatic heterocycles. The van der Waals surface area contributed by atoms with Crippen LogP contribution >= 0.6 is 27.5 Å². The maximum Gasteiger partial charge on any atom is 0.254 e. The number of rotatable bonds is 6. The largest absolute Gasteiger partial charge is 0.353 e. The molecule has 1 aliphatic rings. The summed E-state index contributed by atoms with van der Waals surface area (Å²) in [4.78, 5) is 25.5. The Kier molecular flexibility index (Phi) is 7.01. The summed E-state index contributed by atoms with van der Waals surface area (Å²) in [6.45, 7) is 4.31. The van der Waals surface area contributed by atoms with E-state index in [-0.39, 0.29) is 5.91 Å². The monoisotopic (exact) mass is 589 g/mol. The van der Waals surface area contributed by atoms with Crippen molar-refractivity contribution in [1.82, 2.24) is 25.1 Å². The van der Waals surface area contributed by atoms with Crippen molar-refractivity contribution in [2.24, 2.45) is 0 Å². The van der Waals surface area contributed by atoms with E-state index in [1.165, 1.54) is 5.56 Å². The van der Waals surface area contributed by atoms with Crippen LogP contribution in [0.5, 0.6) is 0 Å². The molecule has 6 rings (SSSR count). The van der Waals surface area contributed by atoms with Crippen LogP contribution in [0.3, 0.4) is 0 Å². The van der Waals surface area contributed by atoms with Crippen LogP contribution < -0.4 is 5.32 Å². The van der Waals surface area contributed by atoms with Crippen molar-refractivity contribution in [3.05, 3.63) is 93.4 Å². The van der Waals surface area contributed by atoms with Crippen LogP contribution in [-0.2, 0) is 0 Å². The second-order valence-corrected chi connectivity index (χ2v) is 11.3. The minimum absolute atomic E-state index is 0.0874. The minimum Gasteiger partial charge on any atom is -0.353 e. The zero-order valence-corrected chi connectivity index (χ0v) is 23.4. The fourth-order valence-electron chi connectivity index (χ4n) is 5.46. The smallest absolute Gasteiger partial charge is 0.254 e. The molecule has 38 heavy (non-hydrogen) atoms. The Labute approximate surface area is 235 Å². The van der Waals surface area contributed by atoms with Gasteiger partial charge in [0.15, 0.2) is 0 Å². The van der Waals surface area contributed by atoms with E-state index in [1.807, 2.05) is 42.5 Å². The topological polar surface area (TPSA) is 67.2 Å². The van der Waals surface area contributed by atoms with Gasteiger partial charge < -0.3 is 20.2 Å². The number of nitrogens with one attached hydrogen (secondary N) is 3. The summed E-state index contributed by atoms with van der Waals surface area (Å²) >= 11 is 9.78. The standard InChI is InChI=1S/C30H29BrClN5O/c1-36-13-14-37(27(18-36)19-5-3-2-4-6-19)12-11-33-30(38)28-23-9-7-21(31)17-25(23)35-29(28)26-16-20-15-22(32)8-10-24(20)34-26/h2-10,15-17,27,34-35H,11-14,18H2,1H3,(H,33,38). The molecule has 0 aliphatic carbocycles. The quantitative estimate of drug-likeness (QED) is 0.213. The van der Waals surface area contributed by atoms with Gasteiger partial charge in [0.1, 0.15) is 0 Å². The maximum atomic E-state index is 13.7. The lowest BCUT2D eigenvalue weighted by Gasteiger charge is -2.40. The third kappa shape index (κ3) is 4.99. The molecule has 0 radical (unpaired) electrons. The van der Waals surface area contributed by atoms with E-state index in [0.717, 1.165) is 63.8 Å². The number of amides is 1. The highest BCUT2D eigenvalue weighted by Crippen LogP contribution is 2.34. The van der Waals surface area contributed by atoms with Gasteiger partial charge in [-0.1, -0.05) is 63.9 Å². The molecule has 3 N–H and O–H groups in total. The molecule has 1 saturated heterocycles. The van der Waals surface area contributed by atoms with Crippen molar-refractivity contribution in [2.75, 3.05) is 39.8 Å². The number of carbonyl (C=O) groups excluding carboxylic acids is 1. The van der Waals surface area contributed by atoms with Crippen molar-refractivity contribution >= 4 is 55.2 Å². The number of fused-ring (bicyclic) bond motifs is 2. The molecule has 3 aromatic carbocycles. The van der Waals surface area contributed by atoms with E-state index in [9.17, 15) is 4.79 Å². The number of carbonyl (C=O) groups is 1. The second-order valence-electron chi connectivity index (χ2n) is 9.96. The van der Waals surface area contributed by atoms with Crippen molar-refractivity contribution in [3.63, 3.8) is 0 Å². The summed E-state index contributed by atoms with van der Waals surface area (Å²) < 4.78 is 0.954. The lowest BCUT2D eigenvalue weighted by atomic mass is 10.0. The first-order chi connectivity index (χ1) is 18.5. The van der Waals surface area contributed by atoms with Crippen molar-refractivity contribution in [3.8, 4) is 11.4 Å². The lowest BCUT2D eigenvalue weighted by Crippen LogP contribution is -2.49. The zero-order chi connectivity index (χ0) is 26.2. The Morgan fingerprint density at radius 2 is 1.87 bits per heavy atom. The van der Waals surface area contributed by atoms with Crippen LogP contribution in [0.15, 0.2) is 77.3 Å². The average molecular weight is 591 g/mol. The number of benzene rings is 3. The van der Waals surface area contributed by atoms with Gasteiger partial charge in [0, 0.05) is 70.1 Å². The van der Waals surface area contributed by atoms with Crippen LogP contribution in [0.2, 0.25) is 5.02 Å². The normalized spacial score (nSPS) is 16.9. The molecule has 1 amide bonds. The molecule has 0 saturated carbocycles. The third-order valence-corrected chi connectivity index (χ3v) is 8.13. The molecule has 1 unspecified atom stereocenters. The Balaban J connectivity index is 1.26. The summed E-state index contributed by atoms with van der Waals surface area (Å²) in [6, 6.07) is 24.7. The molecule has 5 aromatic rings. The number of hydrogen-bond donors (Lipinski definition) is 3. The number of piperazine rings is 1. The summed E-state index contributed by atoms with van der Waals surface area (Å²) in [5.74, 6) is -0.0874. The average Bonchev–Trinajstić information content (AvgIpc) is 3.50. The van der Waals surface area contributed by atoms with Crippen molar-refractivity contribution in [1.29, 1.82) is 0 Å². The minimum atomic E-state index is -0.0874. The summed E-state index contributed by atoms with van der Waals surface area (Å²) in [5.41, 5.74) is 5.45. The van der Waals surface area contributed by atoms with E-state index in [4.69, 9.17) is 11.6 Å². The zero-order valence-electron chi connectivity index (χ0n) is 21.1. The molecule has 1 aliphatic heterocycles. The van der Waals surface area contributed by atoms with E-state index >= 15 is 0 Å². The van der Waals surface area contributed by atoms with E-state index in [2.05, 4.69) is 78.4 Å². The highest BCUT2D eigenvalue weighted by Gasteiger charge is 2.27. The van der Waals surface area contributed by atoms with Gasteiger partial charge in [0.25, 0.3) is 5.91 Å².